The third kappa shape index (κ3) is 7.18. The van der Waals surface area contributed by atoms with Crippen molar-refractivity contribution in [3.8, 4) is 0 Å². The first-order valence-corrected chi connectivity index (χ1v) is 12.5. The fourth-order valence-corrected chi connectivity index (χ4v) is 5.88. The maximum absolute atomic E-state index is 12.5. The summed E-state index contributed by atoms with van der Waals surface area (Å²) in [7, 11) is 0.468. The van der Waals surface area contributed by atoms with Gasteiger partial charge in [-0.3, -0.25) is 9.20 Å². The Morgan fingerprint density at radius 2 is 1.97 bits per heavy atom. The Morgan fingerprint density at radius 1 is 1.28 bits per heavy atom. The molecule has 2 N–H and O–H groups in total. The molecule has 0 bridgehead atoms. The molecule has 0 radical (unpaired) electrons. The summed E-state index contributed by atoms with van der Waals surface area (Å²) in [6.45, 7) is 2.31. The van der Waals surface area contributed by atoms with Crippen molar-refractivity contribution < 1.29 is 12.6 Å². The number of hydrogen-bond acceptors (Lipinski definition) is 4. The van der Waals surface area contributed by atoms with Crippen LogP contribution in [0.5, 0.6) is 0 Å². The molecule has 7 nitrogen and oxygen atoms in total. The topological polar surface area (TPSA) is 90.9 Å². The molecular formula is C19H33IN4O3S2. The van der Waals surface area contributed by atoms with Gasteiger partial charge >= 0.3 is 0 Å². The number of halogens is 1. The second-order valence-electron chi connectivity index (χ2n) is 7.12. The van der Waals surface area contributed by atoms with Crippen molar-refractivity contribution in [2.24, 2.45) is 4.99 Å². The number of hydrogen-bond donors (Lipinski definition) is 2. The van der Waals surface area contributed by atoms with Gasteiger partial charge in [0, 0.05) is 55.5 Å². The van der Waals surface area contributed by atoms with E-state index < -0.39 is 20.8 Å². The van der Waals surface area contributed by atoms with Gasteiger partial charge in [-0.05, 0) is 30.9 Å². The van der Waals surface area contributed by atoms with Crippen LogP contribution < -0.4 is 10.6 Å². The number of benzene rings is 1. The highest BCUT2D eigenvalue weighted by Crippen LogP contribution is 2.23. The molecule has 166 valence electrons. The molecule has 1 aliphatic carbocycles. The molecular weight excluding hydrogens is 523 g/mol. The average molecular weight is 557 g/mol. The summed E-state index contributed by atoms with van der Waals surface area (Å²) in [5.74, 6) is 1.33. The van der Waals surface area contributed by atoms with Crippen molar-refractivity contribution in [3.63, 3.8) is 0 Å². The van der Waals surface area contributed by atoms with Gasteiger partial charge in [0.05, 0.1) is 4.90 Å². The van der Waals surface area contributed by atoms with Gasteiger partial charge < -0.3 is 10.6 Å². The molecule has 29 heavy (non-hydrogen) atoms. The third-order valence-corrected chi connectivity index (χ3v) is 8.68. The summed E-state index contributed by atoms with van der Waals surface area (Å²) in [6, 6.07) is 7.20. The lowest BCUT2D eigenvalue weighted by molar-refractivity contribution is 0.413. The van der Waals surface area contributed by atoms with Crippen LogP contribution in [0, 0.1) is 0 Å². The Hall–Kier alpha value is -0.720. The molecule has 0 aromatic heterocycles. The first-order chi connectivity index (χ1) is 13.3. The van der Waals surface area contributed by atoms with E-state index in [9.17, 15) is 12.6 Å². The summed E-state index contributed by atoms with van der Waals surface area (Å²) < 4.78 is 38.4. The number of nitrogens with one attached hydrogen (secondary N) is 2. The van der Waals surface area contributed by atoms with Crippen LogP contribution in [0.1, 0.15) is 38.2 Å². The average Bonchev–Trinajstić information content (AvgIpc) is 2.70. The highest BCUT2D eigenvalue weighted by molar-refractivity contribution is 14.0. The van der Waals surface area contributed by atoms with Gasteiger partial charge in [-0.2, -0.15) is 0 Å². The second kappa shape index (κ2) is 12.2. The third-order valence-electron chi connectivity index (χ3n) is 5.02. The Bertz CT molecular complexity index is 815. The molecule has 0 amide bonds. The maximum Gasteiger partial charge on any atom is 0.242 e. The number of rotatable bonds is 7. The molecule has 3 unspecified atom stereocenters. The van der Waals surface area contributed by atoms with Crippen molar-refractivity contribution in [3.05, 3.63) is 29.8 Å². The lowest BCUT2D eigenvalue weighted by atomic mass is 9.95. The molecule has 10 heteroatoms. The van der Waals surface area contributed by atoms with Crippen LogP contribution in [0.3, 0.4) is 0 Å². The van der Waals surface area contributed by atoms with Gasteiger partial charge in [-0.15, -0.1) is 24.0 Å². The van der Waals surface area contributed by atoms with Gasteiger partial charge in [0.1, 0.15) is 0 Å². The molecule has 3 atom stereocenters. The van der Waals surface area contributed by atoms with Crippen LogP contribution in [-0.2, 0) is 27.4 Å². The minimum Gasteiger partial charge on any atom is -0.354 e. The zero-order valence-electron chi connectivity index (χ0n) is 17.6. The fourth-order valence-electron chi connectivity index (χ4n) is 3.42. The van der Waals surface area contributed by atoms with Gasteiger partial charge in [-0.1, -0.05) is 31.5 Å². The van der Waals surface area contributed by atoms with Gasteiger partial charge in [0.15, 0.2) is 5.96 Å². The van der Waals surface area contributed by atoms with Crippen LogP contribution in [-0.4, -0.2) is 61.1 Å². The quantitative estimate of drug-likeness (QED) is 0.306. The molecule has 1 aliphatic rings. The Morgan fingerprint density at radius 3 is 2.59 bits per heavy atom. The molecule has 0 spiro atoms. The molecule has 1 saturated carbocycles. The molecule has 1 aromatic carbocycles. The summed E-state index contributed by atoms with van der Waals surface area (Å²) in [5, 5.41) is 6.87. The number of guanidine groups is 1. The first kappa shape index (κ1) is 26.3. The summed E-state index contributed by atoms with van der Waals surface area (Å²) in [5.41, 5.74) is 0.688. The predicted octanol–water partition coefficient (Wildman–Crippen LogP) is 2.30. The van der Waals surface area contributed by atoms with E-state index in [2.05, 4.69) is 15.6 Å². The van der Waals surface area contributed by atoms with Gasteiger partial charge in [0.2, 0.25) is 10.0 Å². The van der Waals surface area contributed by atoms with Crippen molar-refractivity contribution in [2.45, 2.75) is 55.3 Å². The van der Waals surface area contributed by atoms with E-state index in [4.69, 9.17) is 0 Å². The highest BCUT2D eigenvalue weighted by Gasteiger charge is 2.26. The summed E-state index contributed by atoms with van der Waals surface area (Å²) in [6.07, 6.45) is 3.95. The minimum absolute atomic E-state index is 0. The second-order valence-corrected chi connectivity index (χ2v) is 11.2. The Balaban J connectivity index is 0.00000420. The standard InChI is InChI=1S/C19H32N4O3S2.HI/c1-5-27(24)17-11-8-10-16(13-17)22-19(20-2)21-14-15-9-6-7-12-18(15)28(25,26)23(3)4;/h6-7,9,12,16-17H,5,8,10-11,13-14H2,1-4H3,(H2,20,21,22);1H. The number of aliphatic imine (C=N–C) groups is 1. The van der Waals surface area contributed by atoms with Crippen LogP contribution in [0.25, 0.3) is 0 Å². The normalized spacial score (nSPS) is 21.3. The predicted molar refractivity (Wildman–Crippen MR) is 131 cm³/mol. The monoisotopic (exact) mass is 556 g/mol. The lowest BCUT2D eigenvalue weighted by Gasteiger charge is -2.30. The largest absolute Gasteiger partial charge is 0.354 e. The SMILES string of the molecule is CCS(=O)C1CCCC(NC(=NC)NCc2ccccc2S(=O)(=O)N(C)C)C1.I. The van der Waals surface area contributed by atoms with Crippen molar-refractivity contribution >= 4 is 50.8 Å². The zero-order chi connectivity index (χ0) is 20.7. The first-order valence-electron chi connectivity index (χ1n) is 9.64. The minimum atomic E-state index is -3.51. The molecule has 2 rings (SSSR count). The van der Waals surface area contributed by atoms with E-state index in [1.165, 1.54) is 18.4 Å². The Kier molecular flexibility index (Phi) is 11.1. The van der Waals surface area contributed by atoms with E-state index in [-0.39, 0.29) is 35.3 Å². The van der Waals surface area contributed by atoms with E-state index in [0.29, 0.717) is 28.7 Å². The van der Waals surface area contributed by atoms with Crippen LogP contribution in [0.2, 0.25) is 0 Å². The highest BCUT2D eigenvalue weighted by atomic mass is 127. The maximum atomic E-state index is 12.5. The number of sulfonamides is 1. The van der Waals surface area contributed by atoms with Gasteiger partial charge in [-0.25, -0.2) is 12.7 Å². The zero-order valence-corrected chi connectivity index (χ0v) is 21.5. The van der Waals surface area contributed by atoms with Crippen LogP contribution >= 0.6 is 24.0 Å². The molecule has 0 heterocycles. The Labute approximate surface area is 194 Å². The van der Waals surface area contributed by atoms with E-state index >= 15 is 0 Å². The van der Waals surface area contributed by atoms with Crippen LogP contribution in [0.15, 0.2) is 34.2 Å². The number of nitrogens with zero attached hydrogens (tertiary/aromatic N) is 2. The van der Waals surface area contributed by atoms with Crippen molar-refractivity contribution in [1.29, 1.82) is 0 Å². The van der Waals surface area contributed by atoms with Crippen molar-refractivity contribution in [1.82, 2.24) is 14.9 Å². The smallest absolute Gasteiger partial charge is 0.242 e. The van der Waals surface area contributed by atoms with E-state index in [0.717, 1.165) is 25.7 Å². The van der Waals surface area contributed by atoms with Crippen molar-refractivity contribution in [2.75, 3.05) is 26.9 Å². The lowest BCUT2D eigenvalue weighted by Crippen LogP contribution is -2.46. The molecule has 0 saturated heterocycles. The summed E-state index contributed by atoms with van der Waals surface area (Å²) in [4.78, 5) is 4.56. The van der Waals surface area contributed by atoms with E-state index in [1.807, 2.05) is 13.0 Å². The molecule has 1 aromatic rings. The fraction of sp³-hybridized carbons (Fsp3) is 0.632. The van der Waals surface area contributed by atoms with Crippen LogP contribution in [0.4, 0.5) is 0 Å². The van der Waals surface area contributed by atoms with E-state index in [1.54, 1.807) is 25.2 Å². The summed E-state index contributed by atoms with van der Waals surface area (Å²) >= 11 is 0. The van der Waals surface area contributed by atoms with Gasteiger partial charge in [0.25, 0.3) is 0 Å². The molecule has 1 fully saturated rings. The molecule has 0 aliphatic heterocycles.